The third kappa shape index (κ3) is 6.89. The maximum atomic E-state index is 15.5. The quantitative estimate of drug-likeness (QED) is 0.147. The smallest absolute Gasteiger partial charge is 0.335 e. The Kier molecular flexibility index (Phi) is 9.72. The van der Waals surface area contributed by atoms with E-state index < -0.39 is 23.4 Å². The molecular formula is C33H29F3N6O4. The summed E-state index contributed by atoms with van der Waals surface area (Å²) in [4.78, 5) is 28.2. The van der Waals surface area contributed by atoms with Gasteiger partial charge in [0.2, 0.25) is 5.88 Å². The molecule has 0 aliphatic heterocycles. The molecule has 5 rings (SSSR count). The molecule has 0 fully saturated rings. The van der Waals surface area contributed by atoms with Crippen LogP contribution in [0.1, 0.15) is 32.9 Å². The molecule has 236 valence electrons. The van der Waals surface area contributed by atoms with E-state index in [4.69, 9.17) is 15.2 Å². The first kappa shape index (κ1) is 31.9. The summed E-state index contributed by atoms with van der Waals surface area (Å²) in [6, 6.07) is 15.6. The fourth-order valence-electron chi connectivity index (χ4n) is 4.90. The van der Waals surface area contributed by atoms with Gasteiger partial charge in [-0.05, 0) is 48.0 Å². The van der Waals surface area contributed by atoms with Gasteiger partial charge in [0, 0.05) is 49.9 Å². The van der Waals surface area contributed by atoms with Gasteiger partial charge in [0.15, 0.2) is 5.84 Å². The molecule has 10 nitrogen and oxygen atoms in total. The summed E-state index contributed by atoms with van der Waals surface area (Å²) in [5.74, 6) is -2.28. The monoisotopic (exact) mass is 630 g/mol. The van der Waals surface area contributed by atoms with Crippen LogP contribution in [0.4, 0.5) is 13.2 Å². The van der Waals surface area contributed by atoms with Gasteiger partial charge in [-0.3, -0.25) is 4.99 Å². The summed E-state index contributed by atoms with van der Waals surface area (Å²) in [5.41, 5.74) is 7.21. The first-order chi connectivity index (χ1) is 22.2. The number of halogens is 3. The molecule has 0 amide bonds. The second-order valence-corrected chi connectivity index (χ2v) is 10.1. The van der Waals surface area contributed by atoms with Crippen LogP contribution in [0.15, 0.2) is 76.7 Å². The van der Waals surface area contributed by atoms with Crippen molar-refractivity contribution in [3.63, 3.8) is 0 Å². The number of hydrogen-bond acceptors (Lipinski definition) is 6. The molecule has 0 aliphatic carbocycles. The lowest BCUT2D eigenvalue weighted by atomic mass is 10.0. The van der Waals surface area contributed by atoms with Crippen molar-refractivity contribution in [3.8, 4) is 17.1 Å². The van der Waals surface area contributed by atoms with E-state index >= 15 is 8.78 Å². The van der Waals surface area contributed by atoms with Crippen LogP contribution in [0.5, 0.6) is 5.88 Å². The van der Waals surface area contributed by atoms with Gasteiger partial charge < -0.3 is 24.9 Å². The number of nitrogens with zero attached hydrogens (tertiary/aromatic N) is 5. The van der Waals surface area contributed by atoms with Crippen LogP contribution >= 0.6 is 0 Å². The van der Waals surface area contributed by atoms with E-state index in [0.29, 0.717) is 35.6 Å². The SMILES string of the molecule is CN=C(N=CN)c1ccc(COc2cccc(-c3cc(F)c(Cc4nc5ccc(C(=O)O)cc5n4CCOC)cc3F)n2)c(F)c1. The van der Waals surface area contributed by atoms with Crippen molar-refractivity contribution in [1.82, 2.24) is 14.5 Å². The Labute approximate surface area is 261 Å². The predicted molar refractivity (Wildman–Crippen MR) is 167 cm³/mol. The van der Waals surface area contributed by atoms with Crippen LogP contribution in [0, 0.1) is 17.5 Å². The molecule has 3 N–H and O–H groups in total. The van der Waals surface area contributed by atoms with Gasteiger partial charge in [0.05, 0.1) is 35.2 Å². The van der Waals surface area contributed by atoms with Crippen LogP contribution in [0.2, 0.25) is 0 Å². The van der Waals surface area contributed by atoms with Gasteiger partial charge in [-0.2, -0.15) is 0 Å². The summed E-state index contributed by atoms with van der Waals surface area (Å²) in [6.07, 6.45) is 1.01. The zero-order valence-corrected chi connectivity index (χ0v) is 24.9. The summed E-state index contributed by atoms with van der Waals surface area (Å²) in [6.45, 7) is 0.455. The Hall–Kier alpha value is -5.56. The highest BCUT2D eigenvalue weighted by atomic mass is 19.1. The molecular weight excluding hydrogens is 601 g/mol. The van der Waals surface area contributed by atoms with E-state index in [1.165, 1.54) is 50.6 Å². The zero-order valence-electron chi connectivity index (χ0n) is 24.9. The van der Waals surface area contributed by atoms with Gasteiger partial charge in [-0.25, -0.2) is 32.9 Å². The predicted octanol–water partition coefficient (Wildman–Crippen LogP) is 5.39. The molecule has 2 heterocycles. The molecule has 13 heteroatoms. The maximum Gasteiger partial charge on any atom is 0.335 e. The van der Waals surface area contributed by atoms with Gasteiger partial charge in [0.25, 0.3) is 0 Å². The third-order valence-electron chi connectivity index (χ3n) is 7.17. The Balaban J connectivity index is 1.37. The van der Waals surface area contributed by atoms with Crippen LogP contribution in [-0.4, -0.2) is 58.5 Å². The normalized spacial score (nSPS) is 11.9. The Morgan fingerprint density at radius 3 is 2.48 bits per heavy atom. The highest BCUT2D eigenvalue weighted by Gasteiger charge is 2.19. The van der Waals surface area contributed by atoms with E-state index in [1.54, 1.807) is 22.8 Å². The summed E-state index contributed by atoms with van der Waals surface area (Å²) >= 11 is 0. The number of aromatic carboxylic acids is 1. The maximum absolute atomic E-state index is 15.5. The minimum atomic E-state index is -1.09. The molecule has 0 bridgehead atoms. The number of carboxylic acids is 1. The number of nitrogens with two attached hydrogens (primary N) is 1. The van der Waals surface area contributed by atoms with E-state index in [2.05, 4.69) is 20.0 Å². The van der Waals surface area contributed by atoms with Gasteiger partial charge in [-0.1, -0.05) is 18.2 Å². The van der Waals surface area contributed by atoms with Crippen molar-refractivity contribution in [2.45, 2.75) is 19.6 Å². The van der Waals surface area contributed by atoms with Gasteiger partial charge in [-0.15, -0.1) is 0 Å². The highest BCUT2D eigenvalue weighted by Crippen LogP contribution is 2.28. The lowest BCUT2D eigenvalue weighted by molar-refractivity contribution is 0.0697. The van der Waals surface area contributed by atoms with Crippen LogP contribution < -0.4 is 10.5 Å². The molecule has 0 atom stereocenters. The number of carbonyl (C=O) groups is 1. The van der Waals surface area contributed by atoms with E-state index in [1.807, 2.05) is 0 Å². The van der Waals surface area contributed by atoms with Crippen molar-refractivity contribution in [2.24, 2.45) is 15.7 Å². The number of methoxy groups -OCH3 is 1. The number of aromatic nitrogens is 3. The first-order valence-electron chi connectivity index (χ1n) is 14.0. The van der Waals surface area contributed by atoms with Crippen LogP contribution in [0.25, 0.3) is 22.3 Å². The van der Waals surface area contributed by atoms with Crippen LogP contribution in [0.3, 0.4) is 0 Å². The minimum absolute atomic E-state index is 0.0495. The van der Waals surface area contributed by atoms with Crippen molar-refractivity contribution in [1.29, 1.82) is 0 Å². The Morgan fingerprint density at radius 1 is 0.978 bits per heavy atom. The number of aliphatic imine (C=N–C) groups is 2. The molecule has 0 saturated carbocycles. The van der Waals surface area contributed by atoms with Crippen molar-refractivity contribution < 1.29 is 32.5 Å². The summed E-state index contributed by atoms with van der Waals surface area (Å²) < 4.78 is 58.3. The van der Waals surface area contributed by atoms with Gasteiger partial charge >= 0.3 is 5.97 Å². The van der Waals surface area contributed by atoms with E-state index in [9.17, 15) is 14.3 Å². The largest absolute Gasteiger partial charge is 0.478 e. The lowest BCUT2D eigenvalue weighted by Crippen LogP contribution is -2.10. The van der Waals surface area contributed by atoms with Crippen molar-refractivity contribution in [3.05, 3.63) is 112 Å². The lowest BCUT2D eigenvalue weighted by Gasteiger charge is -2.12. The molecule has 46 heavy (non-hydrogen) atoms. The number of rotatable bonds is 11. The number of fused-ring (bicyclic) bond motifs is 1. The summed E-state index contributed by atoms with van der Waals surface area (Å²) in [5, 5.41) is 9.41. The summed E-state index contributed by atoms with van der Waals surface area (Å²) in [7, 11) is 3.04. The van der Waals surface area contributed by atoms with Crippen molar-refractivity contribution in [2.75, 3.05) is 20.8 Å². The van der Waals surface area contributed by atoms with Crippen molar-refractivity contribution >= 4 is 29.2 Å². The molecule has 5 aromatic rings. The number of hydrogen-bond donors (Lipinski definition) is 2. The number of imidazole rings is 1. The Bertz CT molecular complexity index is 1980. The number of ether oxygens (including phenoxy) is 2. The number of carboxylic acid groups (broad SMARTS) is 1. The molecule has 0 aliphatic rings. The van der Waals surface area contributed by atoms with Crippen LogP contribution in [-0.2, 0) is 24.3 Å². The Morgan fingerprint density at radius 2 is 1.76 bits per heavy atom. The van der Waals surface area contributed by atoms with E-state index in [0.717, 1.165) is 18.5 Å². The molecule has 0 radical (unpaired) electrons. The number of amidine groups is 1. The fourth-order valence-corrected chi connectivity index (χ4v) is 4.90. The molecule has 0 spiro atoms. The molecule has 0 unspecified atom stereocenters. The number of benzene rings is 3. The van der Waals surface area contributed by atoms with Gasteiger partial charge in [0.1, 0.15) is 29.9 Å². The second kappa shape index (κ2) is 14.0. The molecule has 0 saturated heterocycles. The second-order valence-electron chi connectivity index (χ2n) is 10.1. The average molecular weight is 631 g/mol. The van der Waals surface area contributed by atoms with E-state index in [-0.39, 0.29) is 52.7 Å². The third-order valence-corrected chi connectivity index (χ3v) is 7.17. The average Bonchev–Trinajstić information content (AvgIpc) is 3.39. The minimum Gasteiger partial charge on any atom is -0.478 e. The zero-order chi connectivity index (χ0) is 32.8. The standard InChI is InChI=1S/C33H29F3N6O4/c1-38-32(39-18-37)19-6-7-21(24(34)12-19)17-46-31-5-3-4-27(41-31)23-16-25(35)22(13-26(23)36)15-30-40-28-9-8-20(33(43)44)14-29(28)42(30)10-11-45-2/h3-9,12-14,16,18H,10-11,15,17H2,1-2H3,(H,43,44)(H2,37,38,39). The topological polar surface area (TPSA) is 137 Å². The first-order valence-corrected chi connectivity index (χ1v) is 14.0. The highest BCUT2D eigenvalue weighted by molar-refractivity contribution is 6.02. The molecule has 2 aromatic heterocycles. The fraction of sp³-hybridized carbons (Fsp3) is 0.182. The molecule has 3 aromatic carbocycles. The number of pyridine rings is 1.